The molecular weight excluding hydrogens is 250 g/mol. The Hall–Kier alpha value is -1.79. The van der Waals surface area contributed by atoms with Gasteiger partial charge in [0.1, 0.15) is 0 Å². The summed E-state index contributed by atoms with van der Waals surface area (Å²) >= 11 is 0. The molecule has 0 saturated heterocycles. The summed E-state index contributed by atoms with van der Waals surface area (Å²) in [6.45, 7) is 7.87. The fraction of sp³-hybridized carbons (Fsp3) is 0.471. The molecule has 0 bridgehead atoms. The molecule has 0 aliphatic carbocycles. The van der Waals surface area contributed by atoms with E-state index in [1.54, 1.807) is 0 Å². The highest BCUT2D eigenvalue weighted by molar-refractivity contribution is 5.96. The van der Waals surface area contributed by atoms with Crippen LogP contribution in [-0.2, 0) is 4.79 Å². The van der Waals surface area contributed by atoms with Crippen molar-refractivity contribution in [1.82, 2.24) is 0 Å². The second kappa shape index (κ2) is 7.12. The predicted molar refractivity (Wildman–Crippen MR) is 82.5 cm³/mol. The monoisotopic (exact) mass is 273 g/mol. The summed E-state index contributed by atoms with van der Waals surface area (Å²) in [7, 11) is 0. The fourth-order valence-electron chi connectivity index (χ4n) is 1.54. The third-order valence-corrected chi connectivity index (χ3v) is 3.38. The first-order chi connectivity index (χ1) is 9.40. The number of aryl methyl sites for hydroxylation is 1. The van der Waals surface area contributed by atoms with E-state index in [-0.39, 0.29) is 12.5 Å². The van der Waals surface area contributed by atoms with Gasteiger partial charge in [-0.05, 0) is 31.0 Å². The molecule has 0 spiro atoms. The zero-order valence-electron chi connectivity index (χ0n) is 12.7. The Labute approximate surface area is 121 Å². The molecule has 1 rings (SSSR count). The van der Waals surface area contributed by atoms with Gasteiger partial charge in [-0.3, -0.25) is 4.79 Å². The highest BCUT2D eigenvalue weighted by Crippen LogP contribution is 2.24. The van der Waals surface area contributed by atoms with Crippen LogP contribution in [0.15, 0.2) is 18.2 Å². The number of amides is 1. The van der Waals surface area contributed by atoms with E-state index < -0.39 is 5.41 Å². The van der Waals surface area contributed by atoms with Gasteiger partial charge in [-0.25, -0.2) is 0 Å². The normalized spacial score (nSPS) is 10.7. The van der Waals surface area contributed by atoms with Gasteiger partial charge in [-0.15, -0.1) is 0 Å². The number of rotatable bonds is 4. The maximum absolute atomic E-state index is 12.3. The van der Waals surface area contributed by atoms with E-state index in [0.717, 1.165) is 23.2 Å². The first-order valence-electron chi connectivity index (χ1n) is 6.92. The summed E-state index contributed by atoms with van der Waals surface area (Å²) in [5, 5.41) is 11.7. The molecule has 1 aromatic rings. The van der Waals surface area contributed by atoms with Gasteiger partial charge in [0.15, 0.2) is 0 Å². The molecule has 2 N–H and O–H groups in total. The van der Waals surface area contributed by atoms with Crippen molar-refractivity contribution in [3.63, 3.8) is 0 Å². The molecule has 0 atom stereocenters. The molecular formula is C17H23NO2. The van der Waals surface area contributed by atoms with Crippen LogP contribution in [0, 0.1) is 24.2 Å². The maximum atomic E-state index is 12.3. The lowest BCUT2D eigenvalue weighted by Gasteiger charge is -2.22. The largest absolute Gasteiger partial charge is 0.395 e. The lowest BCUT2D eigenvalue weighted by molar-refractivity contribution is -0.124. The number of hydrogen-bond acceptors (Lipinski definition) is 2. The molecule has 0 radical (unpaired) electrons. The van der Waals surface area contributed by atoms with Crippen LogP contribution in [0.2, 0.25) is 0 Å². The van der Waals surface area contributed by atoms with E-state index >= 15 is 0 Å². The number of benzene rings is 1. The molecule has 3 heteroatoms. The van der Waals surface area contributed by atoms with Crippen LogP contribution in [0.3, 0.4) is 0 Å². The molecule has 0 saturated carbocycles. The maximum Gasteiger partial charge on any atom is 0.230 e. The summed E-state index contributed by atoms with van der Waals surface area (Å²) < 4.78 is 0. The Balaban J connectivity index is 3.02. The molecule has 20 heavy (non-hydrogen) atoms. The molecule has 0 aromatic heterocycles. The topological polar surface area (TPSA) is 49.3 Å². The molecule has 0 aliphatic rings. The van der Waals surface area contributed by atoms with Crippen LogP contribution in [0.1, 0.15) is 44.7 Å². The average molecular weight is 273 g/mol. The summed E-state index contributed by atoms with van der Waals surface area (Å²) in [5.41, 5.74) is 2.19. The standard InChI is InChI=1S/C17H23NO2/c1-5-17(3,4)16(20)18-15-12-13(2)9-10-14(15)8-6-7-11-19/h9-10,12,19H,5,7,11H2,1-4H3,(H,18,20). The van der Waals surface area contributed by atoms with Gasteiger partial charge in [0, 0.05) is 17.4 Å². The van der Waals surface area contributed by atoms with Crippen LogP contribution < -0.4 is 5.32 Å². The van der Waals surface area contributed by atoms with Crippen molar-refractivity contribution in [2.24, 2.45) is 5.41 Å². The number of aliphatic hydroxyl groups excluding tert-OH is 1. The minimum Gasteiger partial charge on any atom is -0.395 e. The number of nitrogens with one attached hydrogen (secondary N) is 1. The van der Waals surface area contributed by atoms with E-state index in [0.29, 0.717) is 6.42 Å². The molecule has 3 nitrogen and oxygen atoms in total. The quantitative estimate of drug-likeness (QED) is 0.828. The summed E-state index contributed by atoms with van der Waals surface area (Å²) in [6.07, 6.45) is 1.21. The second-order valence-electron chi connectivity index (χ2n) is 5.52. The smallest absolute Gasteiger partial charge is 0.230 e. The fourth-order valence-corrected chi connectivity index (χ4v) is 1.54. The summed E-state index contributed by atoms with van der Waals surface area (Å²) in [5.74, 6) is 5.87. The van der Waals surface area contributed by atoms with Crippen LogP contribution in [0.25, 0.3) is 0 Å². The van der Waals surface area contributed by atoms with E-state index in [1.807, 2.05) is 45.9 Å². The Kier molecular flexibility index (Phi) is 5.79. The van der Waals surface area contributed by atoms with Gasteiger partial charge in [-0.1, -0.05) is 38.7 Å². The van der Waals surface area contributed by atoms with E-state index in [1.165, 1.54) is 0 Å². The van der Waals surface area contributed by atoms with Crippen molar-refractivity contribution in [1.29, 1.82) is 0 Å². The average Bonchev–Trinajstić information content (AvgIpc) is 2.41. The molecule has 0 aliphatic heterocycles. The van der Waals surface area contributed by atoms with Crippen LogP contribution in [0.5, 0.6) is 0 Å². The molecule has 1 amide bonds. The summed E-state index contributed by atoms with van der Waals surface area (Å²) in [4.78, 5) is 12.3. The minimum atomic E-state index is -0.403. The molecule has 0 unspecified atom stereocenters. The van der Waals surface area contributed by atoms with E-state index in [9.17, 15) is 4.79 Å². The van der Waals surface area contributed by atoms with E-state index in [2.05, 4.69) is 17.2 Å². The predicted octanol–water partition coefficient (Wildman–Crippen LogP) is 3.10. The SMILES string of the molecule is CCC(C)(C)C(=O)Nc1cc(C)ccc1C#CCCO. The second-order valence-corrected chi connectivity index (χ2v) is 5.52. The van der Waals surface area contributed by atoms with E-state index in [4.69, 9.17) is 5.11 Å². The van der Waals surface area contributed by atoms with Gasteiger partial charge in [0.25, 0.3) is 0 Å². The third-order valence-electron chi connectivity index (χ3n) is 3.38. The molecule has 0 heterocycles. The number of anilines is 1. The Morgan fingerprint density at radius 1 is 1.40 bits per heavy atom. The van der Waals surface area contributed by atoms with Crippen LogP contribution in [0.4, 0.5) is 5.69 Å². The Morgan fingerprint density at radius 2 is 2.10 bits per heavy atom. The van der Waals surface area contributed by atoms with Gasteiger partial charge < -0.3 is 10.4 Å². The van der Waals surface area contributed by atoms with Gasteiger partial charge in [-0.2, -0.15) is 0 Å². The highest BCUT2D eigenvalue weighted by atomic mass is 16.2. The Morgan fingerprint density at radius 3 is 2.70 bits per heavy atom. The lowest BCUT2D eigenvalue weighted by atomic mass is 9.89. The van der Waals surface area contributed by atoms with Crippen LogP contribution in [-0.4, -0.2) is 17.6 Å². The Bertz CT molecular complexity index is 536. The summed E-state index contributed by atoms with van der Waals surface area (Å²) in [6, 6.07) is 5.78. The molecule has 1 aromatic carbocycles. The number of hydrogen-bond donors (Lipinski definition) is 2. The molecule has 108 valence electrons. The number of carbonyl (C=O) groups excluding carboxylic acids is 1. The first-order valence-corrected chi connectivity index (χ1v) is 6.92. The third kappa shape index (κ3) is 4.40. The zero-order chi connectivity index (χ0) is 15.2. The van der Waals surface area contributed by atoms with Crippen molar-refractivity contribution in [2.45, 2.75) is 40.5 Å². The zero-order valence-corrected chi connectivity index (χ0v) is 12.7. The molecule has 0 fully saturated rings. The van der Waals surface area contributed by atoms with Crippen molar-refractivity contribution >= 4 is 11.6 Å². The van der Waals surface area contributed by atoms with Crippen molar-refractivity contribution in [3.8, 4) is 11.8 Å². The lowest BCUT2D eigenvalue weighted by Crippen LogP contribution is -2.30. The van der Waals surface area contributed by atoms with Crippen molar-refractivity contribution < 1.29 is 9.90 Å². The van der Waals surface area contributed by atoms with Crippen molar-refractivity contribution in [2.75, 3.05) is 11.9 Å². The van der Waals surface area contributed by atoms with Crippen LogP contribution >= 0.6 is 0 Å². The minimum absolute atomic E-state index is 0.00388. The first kappa shape index (κ1) is 16.3. The van der Waals surface area contributed by atoms with Gasteiger partial charge in [0.05, 0.1) is 12.3 Å². The van der Waals surface area contributed by atoms with Gasteiger partial charge in [0.2, 0.25) is 5.91 Å². The van der Waals surface area contributed by atoms with Gasteiger partial charge >= 0.3 is 0 Å². The number of aliphatic hydroxyl groups is 1. The highest BCUT2D eigenvalue weighted by Gasteiger charge is 2.25. The number of carbonyl (C=O) groups is 1. The van der Waals surface area contributed by atoms with Crippen molar-refractivity contribution in [3.05, 3.63) is 29.3 Å².